The Bertz CT molecular complexity index is 726. The predicted molar refractivity (Wildman–Crippen MR) is 74.0 cm³/mol. The smallest absolute Gasteiger partial charge is 0.286 e. The van der Waals surface area contributed by atoms with Gasteiger partial charge in [-0.2, -0.15) is 0 Å². The molecule has 0 aliphatic heterocycles. The lowest BCUT2D eigenvalue weighted by molar-refractivity contribution is -0.658. The van der Waals surface area contributed by atoms with Crippen LogP contribution in [0.15, 0.2) is 54.9 Å². The Morgan fingerprint density at radius 3 is 2.74 bits per heavy atom. The Balaban J connectivity index is 1.90. The quantitative estimate of drug-likeness (QED) is 0.564. The topological polar surface area (TPSA) is 36.7 Å². The number of carbonyl (C=O) groups is 1. The number of aryl methyl sites for hydroxylation is 1. The molecule has 0 unspecified atom stereocenters. The monoisotopic (exact) mass is 251 g/mol. The fourth-order valence-electron chi connectivity index (χ4n) is 2.20. The second kappa shape index (κ2) is 4.69. The van der Waals surface area contributed by atoms with E-state index in [1.54, 1.807) is 0 Å². The number of hydrogen-bond donors (Lipinski definition) is 1. The third kappa shape index (κ3) is 2.27. The maximum absolute atomic E-state index is 12.3. The minimum atomic E-state index is 0.118. The highest BCUT2D eigenvalue weighted by Crippen LogP contribution is 2.08. The van der Waals surface area contributed by atoms with Gasteiger partial charge < -0.3 is 0 Å². The Kier molecular flexibility index (Phi) is 2.88. The summed E-state index contributed by atoms with van der Waals surface area (Å²) in [6, 6.07) is 13.7. The molecule has 1 aromatic carbocycles. The summed E-state index contributed by atoms with van der Waals surface area (Å²) < 4.78 is 1.94. The SMILES string of the molecule is Cc1ccc(C(=O)C[n+]2cccc3cc[nH]c32)cc1. The lowest BCUT2D eigenvalue weighted by Crippen LogP contribution is -2.38. The summed E-state index contributed by atoms with van der Waals surface area (Å²) >= 11 is 0. The zero-order valence-electron chi connectivity index (χ0n) is 10.8. The molecule has 0 atom stereocenters. The van der Waals surface area contributed by atoms with Gasteiger partial charge in [-0.15, -0.1) is 0 Å². The van der Waals surface area contributed by atoms with E-state index < -0.39 is 0 Å². The summed E-state index contributed by atoms with van der Waals surface area (Å²) in [6.07, 6.45) is 3.81. The molecular weight excluding hydrogens is 236 g/mol. The molecule has 2 heterocycles. The van der Waals surface area contributed by atoms with E-state index in [9.17, 15) is 4.79 Å². The van der Waals surface area contributed by atoms with Crippen molar-refractivity contribution < 1.29 is 9.36 Å². The van der Waals surface area contributed by atoms with Gasteiger partial charge in [-0.25, -0.2) is 9.55 Å². The highest BCUT2D eigenvalue weighted by Gasteiger charge is 2.13. The van der Waals surface area contributed by atoms with Crippen molar-refractivity contribution in [2.45, 2.75) is 13.5 Å². The molecule has 0 saturated carbocycles. The zero-order valence-corrected chi connectivity index (χ0v) is 10.8. The number of nitrogens with one attached hydrogen (secondary N) is 1. The van der Waals surface area contributed by atoms with Gasteiger partial charge in [-0.05, 0) is 25.1 Å². The maximum atomic E-state index is 12.3. The number of H-pyrrole nitrogens is 1. The van der Waals surface area contributed by atoms with Crippen LogP contribution in [-0.2, 0) is 6.54 Å². The summed E-state index contributed by atoms with van der Waals surface area (Å²) in [4.78, 5) is 15.4. The number of Topliss-reactive ketones (excluding diaryl/α,β-unsaturated/α-hetero) is 1. The van der Waals surface area contributed by atoms with Crippen LogP contribution < -0.4 is 4.57 Å². The molecule has 3 aromatic rings. The number of aromatic nitrogens is 2. The molecular formula is C16H15N2O+. The van der Waals surface area contributed by atoms with E-state index >= 15 is 0 Å². The molecule has 0 aliphatic carbocycles. The summed E-state index contributed by atoms with van der Waals surface area (Å²) in [5.41, 5.74) is 2.89. The molecule has 19 heavy (non-hydrogen) atoms. The second-order valence-electron chi connectivity index (χ2n) is 4.71. The highest BCUT2D eigenvalue weighted by atomic mass is 16.1. The van der Waals surface area contributed by atoms with Crippen molar-refractivity contribution >= 4 is 16.8 Å². The third-order valence-corrected chi connectivity index (χ3v) is 3.27. The molecule has 2 aromatic heterocycles. The molecule has 0 saturated heterocycles. The van der Waals surface area contributed by atoms with Crippen molar-refractivity contribution in [3.8, 4) is 0 Å². The summed E-state index contributed by atoms with van der Waals surface area (Å²) in [6.45, 7) is 2.36. The third-order valence-electron chi connectivity index (χ3n) is 3.27. The van der Waals surface area contributed by atoms with Gasteiger partial charge in [0, 0.05) is 5.56 Å². The number of ketones is 1. The molecule has 3 heteroatoms. The van der Waals surface area contributed by atoms with E-state index in [1.807, 2.05) is 66.3 Å². The first-order valence-corrected chi connectivity index (χ1v) is 6.29. The molecule has 3 nitrogen and oxygen atoms in total. The van der Waals surface area contributed by atoms with Crippen molar-refractivity contribution in [1.82, 2.24) is 4.98 Å². The molecule has 0 radical (unpaired) electrons. The van der Waals surface area contributed by atoms with Gasteiger partial charge in [0.2, 0.25) is 5.78 Å². The van der Waals surface area contributed by atoms with Crippen molar-refractivity contribution in [3.63, 3.8) is 0 Å². The first-order valence-electron chi connectivity index (χ1n) is 6.29. The molecule has 0 amide bonds. The molecule has 0 aliphatic rings. The number of fused-ring (bicyclic) bond motifs is 1. The Morgan fingerprint density at radius 2 is 1.95 bits per heavy atom. The van der Waals surface area contributed by atoms with E-state index in [0.717, 1.165) is 22.2 Å². The molecule has 94 valence electrons. The van der Waals surface area contributed by atoms with Gasteiger partial charge in [-0.1, -0.05) is 29.8 Å². The number of rotatable bonds is 3. The van der Waals surface area contributed by atoms with Crippen LogP contribution in [0.1, 0.15) is 15.9 Å². The lowest BCUT2D eigenvalue weighted by Gasteiger charge is -2.02. The fraction of sp³-hybridized carbons (Fsp3) is 0.125. The maximum Gasteiger partial charge on any atom is 0.286 e. The number of hydrogen-bond acceptors (Lipinski definition) is 1. The number of carbonyl (C=O) groups excluding carboxylic acids is 1. The first kappa shape index (κ1) is 11.7. The van der Waals surface area contributed by atoms with Crippen LogP contribution in [0.4, 0.5) is 0 Å². The predicted octanol–water partition coefficient (Wildman–Crippen LogP) is 2.65. The van der Waals surface area contributed by atoms with E-state index in [1.165, 1.54) is 0 Å². The van der Waals surface area contributed by atoms with Gasteiger partial charge in [0.05, 0.1) is 17.8 Å². The van der Waals surface area contributed by atoms with Gasteiger partial charge in [0.1, 0.15) is 0 Å². The van der Waals surface area contributed by atoms with Gasteiger partial charge >= 0.3 is 0 Å². The van der Waals surface area contributed by atoms with Crippen molar-refractivity contribution in [2.24, 2.45) is 0 Å². The molecule has 0 fully saturated rings. The fourth-order valence-corrected chi connectivity index (χ4v) is 2.20. The number of benzene rings is 1. The van der Waals surface area contributed by atoms with Crippen molar-refractivity contribution in [2.75, 3.05) is 0 Å². The molecule has 0 bridgehead atoms. The Labute approximate surface area is 111 Å². The van der Waals surface area contributed by atoms with E-state index in [4.69, 9.17) is 0 Å². The first-order chi connectivity index (χ1) is 9.24. The van der Waals surface area contributed by atoms with E-state index in [2.05, 4.69) is 4.98 Å². The van der Waals surface area contributed by atoms with Crippen LogP contribution in [-0.4, -0.2) is 10.8 Å². The van der Waals surface area contributed by atoms with E-state index in [0.29, 0.717) is 6.54 Å². The molecule has 1 N–H and O–H groups in total. The average Bonchev–Trinajstić information content (AvgIpc) is 2.89. The summed E-state index contributed by atoms with van der Waals surface area (Å²) in [7, 11) is 0. The minimum Gasteiger partial charge on any atom is -0.290 e. The van der Waals surface area contributed by atoms with Crippen molar-refractivity contribution in [1.29, 1.82) is 0 Å². The van der Waals surface area contributed by atoms with Crippen LogP contribution in [0.2, 0.25) is 0 Å². The average molecular weight is 251 g/mol. The van der Waals surface area contributed by atoms with Crippen LogP contribution in [0.3, 0.4) is 0 Å². The van der Waals surface area contributed by atoms with Gasteiger partial charge in [-0.3, -0.25) is 4.79 Å². The second-order valence-corrected chi connectivity index (χ2v) is 4.71. The van der Waals surface area contributed by atoms with Crippen LogP contribution in [0, 0.1) is 6.92 Å². The summed E-state index contributed by atoms with van der Waals surface area (Å²) in [5, 5.41) is 1.11. The highest BCUT2D eigenvalue weighted by molar-refractivity contribution is 5.95. The Hall–Kier alpha value is -2.42. The lowest BCUT2D eigenvalue weighted by atomic mass is 10.1. The number of aromatic amines is 1. The number of nitrogens with zero attached hydrogens (tertiary/aromatic N) is 1. The minimum absolute atomic E-state index is 0.118. The van der Waals surface area contributed by atoms with Crippen LogP contribution >= 0.6 is 0 Å². The molecule has 3 rings (SSSR count). The van der Waals surface area contributed by atoms with Gasteiger partial charge in [0.25, 0.3) is 5.65 Å². The van der Waals surface area contributed by atoms with Crippen LogP contribution in [0.25, 0.3) is 11.0 Å². The Morgan fingerprint density at radius 1 is 1.16 bits per heavy atom. The van der Waals surface area contributed by atoms with Crippen molar-refractivity contribution in [3.05, 3.63) is 66.0 Å². The van der Waals surface area contributed by atoms with Gasteiger partial charge in [0.15, 0.2) is 6.54 Å². The standard InChI is InChI=1S/C16H14N2O/c1-12-4-6-13(7-5-12)15(19)11-18-10-2-3-14-8-9-17-16(14)18/h2-10H,11H2,1H3/p+1. The zero-order chi connectivity index (χ0) is 13.2. The number of pyridine rings is 1. The largest absolute Gasteiger partial charge is 0.290 e. The molecule has 0 spiro atoms. The van der Waals surface area contributed by atoms with Crippen LogP contribution in [0.5, 0.6) is 0 Å². The van der Waals surface area contributed by atoms with E-state index in [-0.39, 0.29) is 5.78 Å². The normalized spacial score (nSPS) is 10.8. The summed E-state index contributed by atoms with van der Waals surface area (Å²) in [5.74, 6) is 0.118.